The Balaban J connectivity index is 0.974. The molecule has 15 rings (SSSR count). The molecule has 1 aliphatic heterocycles. The predicted molar refractivity (Wildman–Crippen MR) is 284 cm³/mol. The van der Waals surface area contributed by atoms with Crippen molar-refractivity contribution in [2.24, 2.45) is 0 Å². The molecule has 2 heterocycles. The highest BCUT2D eigenvalue weighted by Gasteiger charge is 2.52. The second-order valence-corrected chi connectivity index (χ2v) is 19.5. The van der Waals surface area contributed by atoms with Crippen molar-refractivity contribution in [3.05, 3.63) is 258 Å². The van der Waals surface area contributed by atoms with E-state index in [0.29, 0.717) is 0 Å². The topological polar surface area (TPSA) is 25.6 Å². The Bertz CT molecular complexity index is 4070. The number of benzene rings is 11. The Morgan fingerprint density at radius 2 is 0.855 bits per heavy atom. The van der Waals surface area contributed by atoms with Crippen LogP contribution in [0.25, 0.3) is 76.9 Å². The van der Waals surface area contributed by atoms with Crippen molar-refractivity contribution in [2.45, 2.75) is 24.7 Å². The van der Waals surface area contributed by atoms with Crippen LogP contribution in [0.2, 0.25) is 0 Å². The first-order valence-electron chi connectivity index (χ1n) is 24.0. The summed E-state index contributed by atoms with van der Waals surface area (Å²) >= 11 is 0. The summed E-state index contributed by atoms with van der Waals surface area (Å²) in [6.07, 6.45) is 0. The van der Waals surface area contributed by atoms with Gasteiger partial charge >= 0.3 is 0 Å². The highest BCUT2D eigenvalue weighted by atomic mass is 16.5. The third kappa shape index (κ3) is 5.22. The zero-order valence-electron chi connectivity index (χ0n) is 38.1. The van der Waals surface area contributed by atoms with E-state index in [-0.39, 0.29) is 5.41 Å². The molecule has 0 unspecified atom stereocenters. The third-order valence-electron chi connectivity index (χ3n) is 15.7. The standard InChI is InChI=1S/C66H43NO2/c1-65(2)55-20-10-7-18-50(55)53-38-45(31-35-56(53)65)67(44-28-23-40(24-29-44)43-27-36-62-54(37-43)52-19-9-12-22-61(52)68-62)46-30-32-51-49-17-8-11-21-57(49)66(60(51)39-46)58-33-25-41-13-3-5-15-47(41)63(58)69-64-48-16-6-4-14-42(48)26-34-59(64)66/h3-39H,1-2H3. The normalized spacial score (nSPS) is 14.3. The predicted octanol–water partition coefficient (Wildman–Crippen LogP) is 17.8. The molecule has 12 aromatic rings. The largest absolute Gasteiger partial charge is 0.456 e. The first-order valence-corrected chi connectivity index (χ1v) is 24.0. The fourth-order valence-electron chi connectivity index (χ4n) is 12.5. The number of nitrogens with zero attached hydrogens (tertiary/aromatic N) is 1. The minimum absolute atomic E-state index is 0.109. The van der Waals surface area contributed by atoms with Crippen LogP contribution >= 0.6 is 0 Å². The molecule has 1 aromatic heterocycles. The van der Waals surface area contributed by atoms with Crippen molar-refractivity contribution in [3.8, 4) is 44.9 Å². The van der Waals surface area contributed by atoms with E-state index >= 15 is 0 Å². The summed E-state index contributed by atoms with van der Waals surface area (Å²) in [6.45, 7) is 4.70. The van der Waals surface area contributed by atoms with E-state index in [0.717, 1.165) is 94.3 Å². The van der Waals surface area contributed by atoms with Crippen LogP contribution in [0.15, 0.2) is 229 Å². The van der Waals surface area contributed by atoms with Gasteiger partial charge in [0, 0.05) is 55.1 Å². The summed E-state index contributed by atoms with van der Waals surface area (Å²) < 4.78 is 13.5. The van der Waals surface area contributed by atoms with Crippen LogP contribution < -0.4 is 9.64 Å². The zero-order chi connectivity index (χ0) is 45.6. The van der Waals surface area contributed by atoms with Crippen LogP contribution in [-0.4, -0.2) is 0 Å². The molecule has 1 spiro atoms. The highest BCUT2D eigenvalue weighted by molar-refractivity contribution is 6.06. The van der Waals surface area contributed by atoms with Crippen molar-refractivity contribution in [1.29, 1.82) is 0 Å². The minimum atomic E-state index is -0.675. The van der Waals surface area contributed by atoms with Crippen molar-refractivity contribution in [3.63, 3.8) is 0 Å². The summed E-state index contributed by atoms with van der Waals surface area (Å²) in [4.78, 5) is 2.46. The van der Waals surface area contributed by atoms with Gasteiger partial charge < -0.3 is 14.1 Å². The summed E-state index contributed by atoms with van der Waals surface area (Å²) in [5.41, 5.74) is 19.2. The maximum atomic E-state index is 7.30. The lowest BCUT2D eigenvalue weighted by atomic mass is 9.65. The molecular formula is C66H43NO2. The molecule has 0 radical (unpaired) electrons. The third-order valence-corrected chi connectivity index (χ3v) is 15.7. The average Bonchev–Trinajstić information content (AvgIpc) is 3.99. The van der Waals surface area contributed by atoms with Crippen LogP contribution in [0.4, 0.5) is 17.1 Å². The molecule has 11 aromatic carbocycles. The lowest BCUT2D eigenvalue weighted by Crippen LogP contribution is -2.32. The van der Waals surface area contributed by atoms with E-state index < -0.39 is 5.41 Å². The van der Waals surface area contributed by atoms with Crippen LogP contribution in [0, 0.1) is 0 Å². The second kappa shape index (κ2) is 13.9. The molecule has 69 heavy (non-hydrogen) atoms. The highest BCUT2D eigenvalue weighted by Crippen LogP contribution is 2.64. The van der Waals surface area contributed by atoms with E-state index in [1.807, 2.05) is 12.1 Å². The monoisotopic (exact) mass is 881 g/mol. The lowest BCUT2D eigenvalue weighted by Gasteiger charge is -2.40. The first-order chi connectivity index (χ1) is 33.9. The van der Waals surface area contributed by atoms with Gasteiger partial charge in [-0.25, -0.2) is 0 Å². The van der Waals surface area contributed by atoms with Crippen molar-refractivity contribution < 1.29 is 9.15 Å². The smallest absolute Gasteiger partial charge is 0.140 e. The lowest BCUT2D eigenvalue weighted by molar-refractivity contribution is 0.447. The van der Waals surface area contributed by atoms with Crippen LogP contribution in [0.3, 0.4) is 0 Å². The molecular weight excluding hydrogens is 839 g/mol. The van der Waals surface area contributed by atoms with Crippen LogP contribution in [0.5, 0.6) is 11.5 Å². The van der Waals surface area contributed by atoms with E-state index in [4.69, 9.17) is 9.15 Å². The maximum Gasteiger partial charge on any atom is 0.140 e. The molecule has 2 aliphatic carbocycles. The van der Waals surface area contributed by atoms with Gasteiger partial charge in [0.05, 0.1) is 5.41 Å². The average molecular weight is 882 g/mol. The fourth-order valence-corrected chi connectivity index (χ4v) is 12.5. The quantitative estimate of drug-likeness (QED) is 0.176. The summed E-state index contributed by atoms with van der Waals surface area (Å²) in [6, 6.07) is 82.7. The number of para-hydroxylation sites is 1. The Labute approximate surface area is 400 Å². The number of ether oxygens (including phenoxy) is 1. The maximum absolute atomic E-state index is 7.30. The van der Waals surface area contributed by atoms with Gasteiger partial charge in [0.15, 0.2) is 0 Å². The zero-order valence-corrected chi connectivity index (χ0v) is 38.1. The van der Waals surface area contributed by atoms with Gasteiger partial charge in [-0.3, -0.25) is 0 Å². The number of rotatable bonds is 4. The SMILES string of the molecule is CC1(C)c2ccccc2-c2cc(N(c3ccc(-c4ccc5oc6ccccc6c5c4)cc3)c3ccc4c(c3)C3(c5ccccc5-4)c4ccc5ccccc5c4Oc4c3ccc3ccccc43)ccc21. The van der Waals surface area contributed by atoms with E-state index in [9.17, 15) is 0 Å². The second-order valence-electron chi connectivity index (χ2n) is 19.5. The summed E-state index contributed by atoms with van der Waals surface area (Å²) in [5, 5.41) is 6.79. The molecule has 3 aliphatic rings. The number of fused-ring (bicyclic) bond motifs is 19. The Morgan fingerprint density at radius 1 is 0.333 bits per heavy atom. The van der Waals surface area contributed by atoms with E-state index in [2.05, 4.69) is 231 Å². The van der Waals surface area contributed by atoms with E-state index in [1.54, 1.807) is 0 Å². The van der Waals surface area contributed by atoms with Crippen LogP contribution in [0.1, 0.15) is 47.2 Å². The molecule has 324 valence electrons. The van der Waals surface area contributed by atoms with Gasteiger partial charge in [0.25, 0.3) is 0 Å². The molecule has 0 bridgehead atoms. The van der Waals surface area contributed by atoms with Gasteiger partial charge in [0.2, 0.25) is 0 Å². The number of hydrogen-bond acceptors (Lipinski definition) is 3. The van der Waals surface area contributed by atoms with Crippen molar-refractivity contribution >= 4 is 60.5 Å². The Hall–Kier alpha value is -8.66. The number of anilines is 3. The van der Waals surface area contributed by atoms with Crippen LogP contribution in [-0.2, 0) is 10.8 Å². The number of furan rings is 1. The Kier molecular flexibility index (Phi) is 7.77. The van der Waals surface area contributed by atoms with Crippen molar-refractivity contribution in [1.82, 2.24) is 0 Å². The molecule has 3 heteroatoms. The van der Waals surface area contributed by atoms with Gasteiger partial charge in [0.1, 0.15) is 22.7 Å². The molecule has 0 saturated heterocycles. The van der Waals surface area contributed by atoms with Gasteiger partial charge in [-0.05, 0) is 121 Å². The van der Waals surface area contributed by atoms with Gasteiger partial charge in [-0.15, -0.1) is 0 Å². The molecule has 3 nitrogen and oxygen atoms in total. The number of hydrogen-bond donors (Lipinski definition) is 0. The van der Waals surface area contributed by atoms with Gasteiger partial charge in [-0.2, -0.15) is 0 Å². The van der Waals surface area contributed by atoms with Gasteiger partial charge in [-0.1, -0.05) is 184 Å². The molecule has 0 fully saturated rings. The molecule has 0 amide bonds. The summed E-state index contributed by atoms with van der Waals surface area (Å²) in [5.74, 6) is 1.83. The molecule has 0 saturated carbocycles. The van der Waals surface area contributed by atoms with E-state index in [1.165, 1.54) is 44.5 Å². The molecule has 0 N–H and O–H groups in total. The first kappa shape index (κ1) is 38.4. The minimum Gasteiger partial charge on any atom is -0.456 e. The summed E-state index contributed by atoms with van der Waals surface area (Å²) in [7, 11) is 0. The molecule has 0 atom stereocenters. The Morgan fingerprint density at radius 3 is 1.59 bits per heavy atom. The van der Waals surface area contributed by atoms with Crippen molar-refractivity contribution in [2.75, 3.05) is 4.90 Å². The fraction of sp³-hybridized carbons (Fsp3) is 0.0606.